The van der Waals surface area contributed by atoms with Crippen LogP contribution in [0.1, 0.15) is 11.3 Å². The minimum absolute atomic E-state index is 0.00247. The lowest BCUT2D eigenvalue weighted by Gasteiger charge is -2.08. The Balaban J connectivity index is 1.96. The standard InChI is InChI=1S/C14H12BrN5O/c1-9-6-10(2-3-11(9)15)20-13(21)8-19-14-12(7-16)17-4-5-18-14/h2-6H,8H2,1H3,(H,18,19)(H,20,21). The van der Waals surface area contributed by atoms with Crippen LogP contribution in [0.5, 0.6) is 0 Å². The van der Waals surface area contributed by atoms with E-state index in [1.165, 1.54) is 12.4 Å². The Morgan fingerprint density at radius 3 is 2.86 bits per heavy atom. The summed E-state index contributed by atoms with van der Waals surface area (Å²) >= 11 is 3.40. The van der Waals surface area contributed by atoms with Crippen molar-refractivity contribution in [3.05, 3.63) is 46.3 Å². The van der Waals surface area contributed by atoms with Gasteiger partial charge < -0.3 is 10.6 Å². The molecule has 1 aromatic heterocycles. The molecule has 0 radical (unpaired) electrons. The second kappa shape index (κ2) is 6.81. The number of benzene rings is 1. The van der Waals surface area contributed by atoms with Gasteiger partial charge in [-0.25, -0.2) is 9.97 Å². The number of rotatable bonds is 4. The molecule has 0 aliphatic rings. The molecule has 0 bridgehead atoms. The van der Waals surface area contributed by atoms with Crippen molar-refractivity contribution in [1.82, 2.24) is 9.97 Å². The molecule has 2 N–H and O–H groups in total. The Morgan fingerprint density at radius 1 is 1.38 bits per heavy atom. The first-order valence-electron chi connectivity index (χ1n) is 6.11. The van der Waals surface area contributed by atoms with Gasteiger partial charge in [-0.05, 0) is 30.7 Å². The maximum atomic E-state index is 11.9. The maximum absolute atomic E-state index is 11.9. The number of carbonyl (C=O) groups is 1. The molecule has 0 unspecified atom stereocenters. The number of amides is 1. The van der Waals surface area contributed by atoms with Gasteiger partial charge >= 0.3 is 0 Å². The van der Waals surface area contributed by atoms with Crippen LogP contribution >= 0.6 is 15.9 Å². The Kier molecular flexibility index (Phi) is 4.85. The molecule has 1 aromatic carbocycles. The van der Waals surface area contributed by atoms with Crippen molar-refractivity contribution in [2.75, 3.05) is 17.2 Å². The average Bonchev–Trinajstić information content (AvgIpc) is 2.49. The average molecular weight is 346 g/mol. The number of anilines is 2. The van der Waals surface area contributed by atoms with Crippen LogP contribution in [0.2, 0.25) is 0 Å². The lowest BCUT2D eigenvalue weighted by atomic mass is 10.2. The summed E-state index contributed by atoms with van der Waals surface area (Å²) in [6.07, 6.45) is 2.88. The molecule has 2 aromatic rings. The number of hydrogen-bond acceptors (Lipinski definition) is 5. The largest absolute Gasteiger partial charge is 0.359 e. The van der Waals surface area contributed by atoms with Crippen molar-refractivity contribution < 1.29 is 4.79 Å². The van der Waals surface area contributed by atoms with Gasteiger partial charge in [0, 0.05) is 22.6 Å². The number of carbonyl (C=O) groups excluding carboxylic acids is 1. The lowest BCUT2D eigenvalue weighted by Crippen LogP contribution is -2.22. The number of aryl methyl sites for hydroxylation is 1. The molecule has 1 amide bonds. The van der Waals surface area contributed by atoms with Crippen LogP contribution in [-0.2, 0) is 4.79 Å². The van der Waals surface area contributed by atoms with Crippen LogP contribution in [0.3, 0.4) is 0 Å². The molecular formula is C14H12BrN5O. The van der Waals surface area contributed by atoms with Gasteiger partial charge in [0.2, 0.25) is 5.91 Å². The smallest absolute Gasteiger partial charge is 0.243 e. The zero-order valence-electron chi connectivity index (χ0n) is 11.2. The number of hydrogen-bond donors (Lipinski definition) is 2. The molecule has 0 aliphatic carbocycles. The summed E-state index contributed by atoms with van der Waals surface area (Å²) in [6.45, 7) is 1.94. The van der Waals surface area contributed by atoms with Crippen LogP contribution in [0.4, 0.5) is 11.5 Å². The first kappa shape index (κ1) is 14.9. The van der Waals surface area contributed by atoms with E-state index in [4.69, 9.17) is 5.26 Å². The lowest BCUT2D eigenvalue weighted by molar-refractivity contribution is -0.114. The van der Waals surface area contributed by atoms with Crippen molar-refractivity contribution in [3.8, 4) is 6.07 Å². The second-order valence-electron chi connectivity index (χ2n) is 4.23. The third kappa shape index (κ3) is 4.00. The highest BCUT2D eigenvalue weighted by atomic mass is 79.9. The molecule has 2 rings (SSSR count). The monoisotopic (exact) mass is 345 g/mol. The first-order chi connectivity index (χ1) is 10.1. The predicted octanol–water partition coefficient (Wildman–Crippen LogP) is 2.47. The Morgan fingerprint density at radius 2 is 2.14 bits per heavy atom. The van der Waals surface area contributed by atoms with Crippen LogP contribution in [-0.4, -0.2) is 22.4 Å². The first-order valence-corrected chi connectivity index (χ1v) is 6.90. The third-order valence-corrected chi connectivity index (χ3v) is 3.55. The topological polar surface area (TPSA) is 90.7 Å². The number of aromatic nitrogens is 2. The summed E-state index contributed by atoms with van der Waals surface area (Å²) in [7, 11) is 0. The Hall–Kier alpha value is -2.46. The number of nitrogens with zero attached hydrogens (tertiary/aromatic N) is 3. The van der Waals surface area contributed by atoms with E-state index in [1.54, 1.807) is 6.07 Å². The summed E-state index contributed by atoms with van der Waals surface area (Å²) in [4.78, 5) is 19.7. The molecule has 6 nitrogen and oxygen atoms in total. The van der Waals surface area contributed by atoms with Crippen LogP contribution in [0.15, 0.2) is 35.1 Å². The van der Waals surface area contributed by atoms with Crippen molar-refractivity contribution in [1.29, 1.82) is 5.26 Å². The normalized spacial score (nSPS) is 9.76. The van der Waals surface area contributed by atoms with Crippen molar-refractivity contribution in [2.45, 2.75) is 6.92 Å². The van der Waals surface area contributed by atoms with Gasteiger partial charge in [0.15, 0.2) is 11.5 Å². The molecule has 0 spiro atoms. The molecule has 0 saturated carbocycles. The Bertz CT molecular complexity index is 711. The zero-order chi connectivity index (χ0) is 15.2. The minimum Gasteiger partial charge on any atom is -0.359 e. The molecular weight excluding hydrogens is 334 g/mol. The highest BCUT2D eigenvalue weighted by Gasteiger charge is 2.07. The Labute approximate surface area is 130 Å². The van der Waals surface area contributed by atoms with E-state index >= 15 is 0 Å². The zero-order valence-corrected chi connectivity index (χ0v) is 12.8. The fourth-order valence-electron chi connectivity index (χ4n) is 1.64. The van der Waals surface area contributed by atoms with E-state index < -0.39 is 0 Å². The highest BCUT2D eigenvalue weighted by molar-refractivity contribution is 9.10. The molecule has 0 fully saturated rings. The summed E-state index contributed by atoms with van der Waals surface area (Å²) in [5, 5.41) is 14.4. The van der Waals surface area contributed by atoms with Gasteiger partial charge in [0.1, 0.15) is 6.07 Å². The summed E-state index contributed by atoms with van der Waals surface area (Å²) < 4.78 is 0.983. The number of nitrogens with one attached hydrogen (secondary N) is 2. The number of nitriles is 1. The van der Waals surface area contributed by atoms with Crippen LogP contribution < -0.4 is 10.6 Å². The fourth-order valence-corrected chi connectivity index (χ4v) is 1.89. The quantitative estimate of drug-likeness (QED) is 0.888. The van der Waals surface area contributed by atoms with Crippen molar-refractivity contribution in [3.63, 3.8) is 0 Å². The second-order valence-corrected chi connectivity index (χ2v) is 5.09. The van der Waals surface area contributed by atoms with Gasteiger partial charge in [0.05, 0.1) is 6.54 Å². The molecule has 0 saturated heterocycles. The molecule has 21 heavy (non-hydrogen) atoms. The van der Waals surface area contributed by atoms with E-state index in [-0.39, 0.29) is 18.1 Å². The molecule has 106 valence electrons. The van der Waals surface area contributed by atoms with Gasteiger partial charge in [-0.2, -0.15) is 5.26 Å². The molecule has 7 heteroatoms. The van der Waals surface area contributed by atoms with Crippen LogP contribution in [0.25, 0.3) is 0 Å². The number of halogens is 1. The SMILES string of the molecule is Cc1cc(NC(=O)CNc2nccnc2C#N)ccc1Br. The van der Waals surface area contributed by atoms with Gasteiger partial charge in [-0.3, -0.25) is 4.79 Å². The summed E-state index contributed by atoms with van der Waals surface area (Å²) in [5.74, 6) is 0.0633. The molecule has 0 aliphatic heterocycles. The summed E-state index contributed by atoms with van der Waals surface area (Å²) in [5.41, 5.74) is 1.90. The van der Waals surface area contributed by atoms with E-state index in [2.05, 4.69) is 36.5 Å². The van der Waals surface area contributed by atoms with Crippen LogP contribution in [0, 0.1) is 18.3 Å². The van der Waals surface area contributed by atoms with E-state index in [0.717, 1.165) is 10.0 Å². The van der Waals surface area contributed by atoms with E-state index in [9.17, 15) is 4.79 Å². The van der Waals surface area contributed by atoms with Gasteiger partial charge in [-0.15, -0.1) is 0 Å². The van der Waals surface area contributed by atoms with E-state index in [1.807, 2.05) is 25.1 Å². The summed E-state index contributed by atoms with van der Waals surface area (Å²) in [6, 6.07) is 7.45. The third-order valence-electron chi connectivity index (χ3n) is 2.66. The predicted molar refractivity (Wildman–Crippen MR) is 82.7 cm³/mol. The minimum atomic E-state index is -0.230. The molecule has 0 atom stereocenters. The maximum Gasteiger partial charge on any atom is 0.243 e. The van der Waals surface area contributed by atoms with E-state index in [0.29, 0.717) is 11.5 Å². The van der Waals surface area contributed by atoms with Gasteiger partial charge in [0.25, 0.3) is 0 Å². The highest BCUT2D eigenvalue weighted by Crippen LogP contribution is 2.19. The fraction of sp³-hybridized carbons (Fsp3) is 0.143. The van der Waals surface area contributed by atoms with Crippen molar-refractivity contribution in [2.24, 2.45) is 0 Å². The molecule has 1 heterocycles. The van der Waals surface area contributed by atoms with Gasteiger partial charge in [-0.1, -0.05) is 15.9 Å². The van der Waals surface area contributed by atoms with Crippen molar-refractivity contribution >= 4 is 33.3 Å².